The minimum Gasteiger partial charge on any atom is -0.471 e. The summed E-state index contributed by atoms with van der Waals surface area (Å²) in [5.74, 6) is 1.72. The molecule has 0 amide bonds. The zero-order valence-corrected chi connectivity index (χ0v) is 15.6. The van der Waals surface area contributed by atoms with Gasteiger partial charge < -0.3 is 9.47 Å². The van der Waals surface area contributed by atoms with Gasteiger partial charge in [0.25, 0.3) is 5.88 Å². The second kappa shape index (κ2) is 7.02. The smallest absolute Gasteiger partial charge is 0.277 e. The number of para-hydroxylation sites is 1. The minimum absolute atomic E-state index is 0.0964. The first kappa shape index (κ1) is 17.5. The highest BCUT2D eigenvalue weighted by atomic mass is 19.1. The summed E-state index contributed by atoms with van der Waals surface area (Å²) < 4.78 is 27.4. The van der Waals surface area contributed by atoms with Crippen LogP contribution in [0.2, 0.25) is 0 Å². The molecule has 2 aromatic heterocycles. The van der Waals surface area contributed by atoms with Crippen LogP contribution >= 0.6 is 0 Å². The first-order chi connectivity index (χ1) is 13.0. The number of pyridine rings is 1. The van der Waals surface area contributed by atoms with Crippen molar-refractivity contribution in [1.82, 2.24) is 14.8 Å². The van der Waals surface area contributed by atoms with E-state index in [1.165, 1.54) is 24.5 Å². The van der Waals surface area contributed by atoms with Crippen molar-refractivity contribution in [3.8, 4) is 23.2 Å². The van der Waals surface area contributed by atoms with Gasteiger partial charge in [-0.2, -0.15) is 0 Å². The molecule has 0 radical (unpaired) electrons. The number of hydrogen-bond acceptors (Lipinski definition) is 4. The Hall–Kier alpha value is -2.89. The van der Waals surface area contributed by atoms with Gasteiger partial charge in [-0.25, -0.2) is 14.1 Å². The number of hydrogen-bond donors (Lipinski definition) is 0. The molecule has 1 fully saturated rings. The second-order valence-electron chi connectivity index (χ2n) is 7.05. The lowest BCUT2D eigenvalue weighted by Crippen LogP contribution is -2.07. The Morgan fingerprint density at radius 1 is 1.15 bits per heavy atom. The molecule has 0 atom stereocenters. The van der Waals surface area contributed by atoms with Crippen LogP contribution in [-0.4, -0.2) is 20.9 Å². The Balaban J connectivity index is 1.72. The number of nitrogens with zero attached hydrogens (tertiary/aromatic N) is 3. The van der Waals surface area contributed by atoms with E-state index in [0.717, 1.165) is 0 Å². The number of aromatic nitrogens is 3. The van der Waals surface area contributed by atoms with E-state index in [1.807, 2.05) is 33.0 Å². The van der Waals surface area contributed by atoms with Gasteiger partial charge in [-0.15, -0.1) is 5.10 Å². The quantitative estimate of drug-likeness (QED) is 0.603. The highest BCUT2D eigenvalue weighted by Crippen LogP contribution is 2.40. The van der Waals surface area contributed by atoms with Gasteiger partial charge in [0, 0.05) is 6.20 Å². The van der Waals surface area contributed by atoms with Crippen molar-refractivity contribution in [2.75, 3.05) is 0 Å². The Kier molecular flexibility index (Phi) is 4.56. The van der Waals surface area contributed by atoms with E-state index in [9.17, 15) is 4.39 Å². The average Bonchev–Trinajstić information content (AvgIpc) is 3.45. The molecule has 3 aromatic rings. The van der Waals surface area contributed by atoms with Gasteiger partial charge in [0.1, 0.15) is 0 Å². The van der Waals surface area contributed by atoms with Crippen molar-refractivity contribution >= 4 is 0 Å². The van der Waals surface area contributed by atoms with Crippen LogP contribution in [0.25, 0.3) is 5.82 Å². The lowest BCUT2D eigenvalue weighted by atomic mass is 10.2. The van der Waals surface area contributed by atoms with Crippen LogP contribution in [0.5, 0.6) is 17.4 Å². The molecule has 5 nitrogen and oxygen atoms in total. The monoisotopic (exact) mass is 367 g/mol. The zero-order valence-electron chi connectivity index (χ0n) is 15.6. The van der Waals surface area contributed by atoms with E-state index < -0.39 is 5.82 Å². The summed E-state index contributed by atoms with van der Waals surface area (Å²) in [7, 11) is 0. The summed E-state index contributed by atoms with van der Waals surface area (Å²) in [4.78, 5) is 4.54. The molecule has 1 aliphatic rings. The molecular weight excluding hydrogens is 345 g/mol. The molecule has 140 valence electrons. The van der Waals surface area contributed by atoms with Crippen molar-refractivity contribution in [1.29, 1.82) is 0 Å². The molecule has 27 heavy (non-hydrogen) atoms. The van der Waals surface area contributed by atoms with Gasteiger partial charge in [-0.1, -0.05) is 18.2 Å². The summed E-state index contributed by atoms with van der Waals surface area (Å²) in [5, 5.41) is 4.52. The van der Waals surface area contributed by atoms with Crippen molar-refractivity contribution < 1.29 is 13.9 Å². The summed E-state index contributed by atoms with van der Waals surface area (Å²) in [6, 6.07) is 10.3. The van der Waals surface area contributed by atoms with Crippen LogP contribution in [-0.2, 0) is 0 Å². The summed E-state index contributed by atoms with van der Waals surface area (Å²) in [6.07, 6.45) is 4.26. The zero-order chi connectivity index (χ0) is 19.0. The first-order valence-corrected chi connectivity index (χ1v) is 9.18. The maximum absolute atomic E-state index is 14.1. The van der Waals surface area contributed by atoms with E-state index in [0.29, 0.717) is 29.1 Å². The van der Waals surface area contributed by atoms with Crippen molar-refractivity contribution in [2.45, 2.75) is 45.6 Å². The maximum Gasteiger partial charge on any atom is 0.277 e. The maximum atomic E-state index is 14.1. The highest BCUT2D eigenvalue weighted by molar-refractivity contribution is 5.45. The molecule has 4 rings (SSSR count). The molecule has 0 unspecified atom stereocenters. The standard InChI is InChI=1S/C21H22FN3O2/c1-13(2)26-21-20(27-18-7-5-4-6-17(18)22)14(3)25(24-21)19-11-10-16(12-23-19)15-8-9-15/h4-7,10-13,15H,8-9H2,1-3H3. The topological polar surface area (TPSA) is 49.2 Å². The van der Waals surface area contributed by atoms with Gasteiger partial charge in [-0.05, 0) is 63.3 Å². The Morgan fingerprint density at radius 3 is 2.56 bits per heavy atom. The van der Waals surface area contributed by atoms with E-state index in [1.54, 1.807) is 22.9 Å². The lowest BCUT2D eigenvalue weighted by molar-refractivity contribution is 0.223. The molecule has 0 aliphatic heterocycles. The van der Waals surface area contributed by atoms with E-state index in [2.05, 4.69) is 16.1 Å². The van der Waals surface area contributed by atoms with Crippen LogP contribution in [0.1, 0.15) is 43.9 Å². The van der Waals surface area contributed by atoms with Gasteiger partial charge >= 0.3 is 0 Å². The largest absolute Gasteiger partial charge is 0.471 e. The molecule has 0 N–H and O–H groups in total. The molecule has 2 heterocycles. The SMILES string of the molecule is Cc1c(Oc2ccccc2F)c(OC(C)C)nn1-c1ccc(C2CC2)cn1. The fourth-order valence-corrected chi connectivity index (χ4v) is 2.92. The van der Waals surface area contributed by atoms with Crippen LogP contribution in [0, 0.1) is 12.7 Å². The third kappa shape index (κ3) is 3.65. The molecule has 1 saturated carbocycles. The number of rotatable bonds is 6. The molecule has 0 spiro atoms. The summed E-state index contributed by atoms with van der Waals surface area (Å²) in [6.45, 7) is 5.67. The normalized spacial score (nSPS) is 13.8. The Bertz CT molecular complexity index is 947. The minimum atomic E-state index is -0.438. The molecular formula is C21H22FN3O2. The van der Waals surface area contributed by atoms with Crippen molar-refractivity contribution in [3.05, 3.63) is 59.7 Å². The molecule has 1 aromatic carbocycles. The van der Waals surface area contributed by atoms with E-state index >= 15 is 0 Å². The molecule has 0 saturated heterocycles. The van der Waals surface area contributed by atoms with Gasteiger partial charge in [0.15, 0.2) is 17.4 Å². The molecule has 6 heteroatoms. The summed E-state index contributed by atoms with van der Waals surface area (Å²) in [5.41, 5.74) is 1.95. The van der Waals surface area contributed by atoms with Crippen LogP contribution in [0.4, 0.5) is 4.39 Å². The number of halogens is 1. The third-order valence-corrected chi connectivity index (χ3v) is 4.46. The van der Waals surface area contributed by atoms with Crippen molar-refractivity contribution in [3.63, 3.8) is 0 Å². The van der Waals surface area contributed by atoms with Gasteiger partial charge in [0.2, 0.25) is 5.75 Å². The van der Waals surface area contributed by atoms with Crippen LogP contribution in [0.3, 0.4) is 0 Å². The third-order valence-electron chi connectivity index (χ3n) is 4.46. The predicted molar refractivity (Wildman–Crippen MR) is 100 cm³/mol. The van der Waals surface area contributed by atoms with Crippen molar-refractivity contribution in [2.24, 2.45) is 0 Å². The first-order valence-electron chi connectivity index (χ1n) is 9.18. The average molecular weight is 367 g/mol. The number of ether oxygens (including phenoxy) is 2. The van der Waals surface area contributed by atoms with Gasteiger partial charge in [0.05, 0.1) is 11.8 Å². The molecule has 1 aliphatic carbocycles. The molecule has 0 bridgehead atoms. The lowest BCUT2D eigenvalue weighted by Gasteiger charge is -2.10. The fraction of sp³-hybridized carbons (Fsp3) is 0.333. The van der Waals surface area contributed by atoms with Crippen LogP contribution in [0.15, 0.2) is 42.6 Å². The number of benzene rings is 1. The van der Waals surface area contributed by atoms with Gasteiger partial charge in [-0.3, -0.25) is 0 Å². The fourth-order valence-electron chi connectivity index (χ4n) is 2.92. The Morgan fingerprint density at radius 2 is 1.93 bits per heavy atom. The predicted octanol–water partition coefficient (Wildman–Crippen LogP) is 5.17. The van der Waals surface area contributed by atoms with E-state index in [-0.39, 0.29) is 11.9 Å². The van der Waals surface area contributed by atoms with Crippen LogP contribution < -0.4 is 9.47 Å². The highest BCUT2D eigenvalue weighted by Gasteiger charge is 2.25. The second-order valence-corrected chi connectivity index (χ2v) is 7.05. The summed E-state index contributed by atoms with van der Waals surface area (Å²) >= 11 is 0. The van der Waals surface area contributed by atoms with E-state index in [4.69, 9.17) is 9.47 Å². The Labute approximate surface area is 157 Å².